The van der Waals surface area contributed by atoms with E-state index in [1.807, 2.05) is 6.92 Å². The first kappa shape index (κ1) is 12.1. The van der Waals surface area contributed by atoms with Crippen LogP contribution < -0.4 is 0 Å². The fraction of sp³-hybridized carbons (Fsp3) is 0.500. The van der Waals surface area contributed by atoms with Crippen LogP contribution in [-0.2, 0) is 13.0 Å². The molecule has 1 aromatic carbocycles. The Labute approximate surface area is 118 Å². The summed E-state index contributed by atoms with van der Waals surface area (Å²) in [6.07, 6.45) is 4.99. The van der Waals surface area contributed by atoms with Gasteiger partial charge in [-0.3, -0.25) is 4.90 Å². The van der Waals surface area contributed by atoms with E-state index < -0.39 is 0 Å². The number of hydrogen-bond acceptors (Lipinski definition) is 4. The standard InChI is InChI=1S/C16H19N3O/c1-11-17-16(20-18-11)10-19(13-7-8-13)15-9-6-12-4-2-3-5-14(12)15/h2-5,13,15H,6-10H2,1H3. The van der Waals surface area contributed by atoms with Crippen LogP contribution in [0.25, 0.3) is 0 Å². The molecule has 0 radical (unpaired) electrons. The number of aryl methyl sites for hydroxylation is 2. The summed E-state index contributed by atoms with van der Waals surface area (Å²) in [5.74, 6) is 1.47. The predicted octanol–water partition coefficient (Wildman–Crippen LogP) is 3.03. The van der Waals surface area contributed by atoms with Crippen molar-refractivity contribution >= 4 is 0 Å². The molecular formula is C16H19N3O. The van der Waals surface area contributed by atoms with Crippen LogP contribution in [0.2, 0.25) is 0 Å². The summed E-state index contributed by atoms with van der Waals surface area (Å²) < 4.78 is 5.32. The van der Waals surface area contributed by atoms with E-state index in [0.29, 0.717) is 12.1 Å². The Kier molecular flexibility index (Phi) is 2.84. The van der Waals surface area contributed by atoms with Crippen LogP contribution in [0.15, 0.2) is 28.8 Å². The summed E-state index contributed by atoms with van der Waals surface area (Å²) in [5, 5.41) is 3.91. The van der Waals surface area contributed by atoms with Crippen molar-refractivity contribution in [3.63, 3.8) is 0 Å². The summed E-state index contributed by atoms with van der Waals surface area (Å²) in [4.78, 5) is 6.94. The van der Waals surface area contributed by atoms with Gasteiger partial charge in [0.2, 0.25) is 5.89 Å². The van der Waals surface area contributed by atoms with Crippen LogP contribution in [0.1, 0.15) is 48.1 Å². The van der Waals surface area contributed by atoms with E-state index in [0.717, 1.165) is 18.3 Å². The molecule has 20 heavy (non-hydrogen) atoms. The average Bonchev–Trinajstić information content (AvgIpc) is 3.09. The monoisotopic (exact) mass is 269 g/mol. The highest BCUT2D eigenvalue weighted by atomic mass is 16.5. The Bertz CT molecular complexity index is 618. The molecule has 4 heteroatoms. The highest BCUT2D eigenvalue weighted by Gasteiger charge is 2.38. The maximum absolute atomic E-state index is 5.32. The molecule has 1 saturated carbocycles. The number of fused-ring (bicyclic) bond motifs is 1. The number of rotatable bonds is 4. The second-order valence-corrected chi connectivity index (χ2v) is 5.89. The zero-order valence-electron chi connectivity index (χ0n) is 11.7. The van der Waals surface area contributed by atoms with Crippen molar-refractivity contribution in [3.8, 4) is 0 Å². The van der Waals surface area contributed by atoms with E-state index in [4.69, 9.17) is 4.52 Å². The van der Waals surface area contributed by atoms with Gasteiger partial charge in [-0.15, -0.1) is 0 Å². The van der Waals surface area contributed by atoms with Crippen LogP contribution in [0.3, 0.4) is 0 Å². The highest BCUT2D eigenvalue weighted by molar-refractivity contribution is 5.34. The summed E-state index contributed by atoms with van der Waals surface area (Å²) in [6.45, 7) is 2.66. The minimum absolute atomic E-state index is 0.519. The van der Waals surface area contributed by atoms with E-state index in [-0.39, 0.29) is 0 Å². The molecule has 2 aliphatic rings. The molecule has 0 spiro atoms. The lowest BCUT2D eigenvalue weighted by Gasteiger charge is -2.28. The molecule has 0 saturated heterocycles. The van der Waals surface area contributed by atoms with Crippen molar-refractivity contribution in [2.45, 2.75) is 51.2 Å². The Hall–Kier alpha value is -1.68. The lowest BCUT2D eigenvalue weighted by molar-refractivity contribution is 0.154. The number of nitrogens with zero attached hydrogens (tertiary/aromatic N) is 3. The van der Waals surface area contributed by atoms with Crippen LogP contribution in [0, 0.1) is 6.92 Å². The molecule has 4 rings (SSSR count). The summed E-state index contributed by atoms with van der Waals surface area (Å²) in [7, 11) is 0. The van der Waals surface area contributed by atoms with Gasteiger partial charge in [-0.2, -0.15) is 4.98 Å². The first-order valence-corrected chi connectivity index (χ1v) is 7.44. The first-order chi connectivity index (χ1) is 9.81. The smallest absolute Gasteiger partial charge is 0.240 e. The molecule has 0 amide bonds. The van der Waals surface area contributed by atoms with Gasteiger partial charge < -0.3 is 4.52 Å². The average molecular weight is 269 g/mol. The van der Waals surface area contributed by atoms with E-state index in [9.17, 15) is 0 Å². The molecule has 0 bridgehead atoms. The SMILES string of the molecule is Cc1noc(CN(C2CC2)C2CCc3ccccc32)n1. The number of hydrogen-bond donors (Lipinski definition) is 0. The third kappa shape index (κ3) is 2.14. The second-order valence-electron chi connectivity index (χ2n) is 5.89. The first-order valence-electron chi connectivity index (χ1n) is 7.44. The quantitative estimate of drug-likeness (QED) is 0.855. The summed E-state index contributed by atoms with van der Waals surface area (Å²) in [6, 6.07) is 10.0. The van der Waals surface area contributed by atoms with Crippen LogP contribution in [0.5, 0.6) is 0 Å². The lowest BCUT2D eigenvalue weighted by atomic mass is 10.1. The van der Waals surface area contributed by atoms with E-state index in [1.165, 1.54) is 36.8 Å². The lowest BCUT2D eigenvalue weighted by Crippen LogP contribution is -2.29. The van der Waals surface area contributed by atoms with Gasteiger partial charge in [-0.25, -0.2) is 0 Å². The maximum Gasteiger partial charge on any atom is 0.240 e. The molecule has 2 aliphatic carbocycles. The predicted molar refractivity (Wildman–Crippen MR) is 75.1 cm³/mol. The normalized spacial score (nSPS) is 21.4. The van der Waals surface area contributed by atoms with Gasteiger partial charge in [-0.05, 0) is 43.7 Å². The molecule has 104 valence electrons. The van der Waals surface area contributed by atoms with Crippen LogP contribution >= 0.6 is 0 Å². The molecule has 1 atom stereocenters. The van der Waals surface area contributed by atoms with Crippen molar-refractivity contribution < 1.29 is 4.52 Å². The van der Waals surface area contributed by atoms with Crippen molar-refractivity contribution in [1.29, 1.82) is 0 Å². The van der Waals surface area contributed by atoms with Gasteiger partial charge in [-0.1, -0.05) is 29.4 Å². The maximum atomic E-state index is 5.32. The Morgan fingerprint density at radius 1 is 1.25 bits per heavy atom. The largest absolute Gasteiger partial charge is 0.338 e. The topological polar surface area (TPSA) is 42.2 Å². The van der Waals surface area contributed by atoms with E-state index in [2.05, 4.69) is 39.3 Å². The fourth-order valence-electron chi connectivity index (χ4n) is 3.34. The van der Waals surface area contributed by atoms with Crippen molar-refractivity contribution in [2.75, 3.05) is 0 Å². The fourth-order valence-corrected chi connectivity index (χ4v) is 3.34. The molecule has 2 aromatic rings. The van der Waals surface area contributed by atoms with Gasteiger partial charge in [0.1, 0.15) is 0 Å². The number of benzene rings is 1. The molecule has 4 nitrogen and oxygen atoms in total. The number of aromatic nitrogens is 2. The van der Waals surface area contributed by atoms with Gasteiger partial charge >= 0.3 is 0 Å². The molecule has 0 aliphatic heterocycles. The van der Waals surface area contributed by atoms with Gasteiger partial charge in [0.25, 0.3) is 0 Å². The summed E-state index contributed by atoms with van der Waals surface area (Å²) >= 11 is 0. The molecule has 1 unspecified atom stereocenters. The van der Waals surface area contributed by atoms with Gasteiger partial charge in [0, 0.05) is 12.1 Å². The van der Waals surface area contributed by atoms with E-state index in [1.54, 1.807) is 0 Å². The van der Waals surface area contributed by atoms with Crippen LogP contribution in [0.4, 0.5) is 0 Å². The third-order valence-corrected chi connectivity index (χ3v) is 4.40. The zero-order valence-corrected chi connectivity index (χ0v) is 11.7. The van der Waals surface area contributed by atoms with Gasteiger partial charge in [0.15, 0.2) is 5.82 Å². The second kappa shape index (κ2) is 4.70. The van der Waals surface area contributed by atoms with Crippen molar-refractivity contribution in [3.05, 3.63) is 47.1 Å². The van der Waals surface area contributed by atoms with Crippen molar-refractivity contribution in [1.82, 2.24) is 15.0 Å². The van der Waals surface area contributed by atoms with Gasteiger partial charge in [0.05, 0.1) is 6.54 Å². The minimum Gasteiger partial charge on any atom is -0.338 e. The van der Waals surface area contributed by atoms with Crippen LogP contribution in [-0.4, -0.2) is 21.1 Å². The Morgan fingerprint density at radius 2 is 2.10 bits per heavy atom. The molecule has 1 fully saturated rings. The van der Waals surface area contributed by atoms with E-state index >= 15 is 0 Å². The molecule has 0 N–H and O–H groups in total. The summed E-state index contributed by atoms with van der Waals surface area (Å²) in [5.41, 5.74) is 3.00. The third-order valence-electron chi connectivity index (χ3n) is 4.40. The zero-order chi connectivity index (χ0) is 13.5. The molecule has 1 heterocycles. The Balaban J connectivity index is 1.61. The molecule has 1 aromatic heterocycles. The Morgan fingerprint density at radius 3 is 2.85 bits per heavy atom. The minimum atomic E-state index is 0.519. The highest BCUT2D eigenvalue weighted by Crippen LogP contribution is 2.42. The van der Waals surface area contributed by atoms with Crippen molar-refractivity contribution in [2.24, 2.45) is 0 Å². The molecular weight excluding hydrogens is 250 g/mol.